The Balaban J connectivity index is 1.64. The van der Waals surface area contributed by atoms with Crippen LogP contribution in [0.1, 0.15) is 36.5 Å². The van der Waals surface area contributed by atoms with Crippen molar-refractivity contribution < 1.29 is 27.5 Å². The molecule has 0 saturated carbocycles. The number of amides is 1. The van der Waals surface area contributed by atoms with Gasteiger partial charge in [-0.2, -0.15) is 4.31 Å². The molecule has 2 fully saturated rings. The summed E-state index contributed by atoms with van der Waals surface area (Å²) in [5.41, 5.74) is 0.105. The van der Waals surface area contributed by atoms with Crippen LogP contribution in [0, 0.1) is 0 Å². The Morgan fingerprint density at radius 2 is 1.93 bits per heavy atom. The second-order valence-corrected chi connectivity index (χ2v) is 8.99. The minimum Gasteiger partial charge on any atom is -0.452 e. The first-order valence-corrected chi connectivity index (χ1v) is 11.0. The van der Waals surface area contributed by atoms with Gasteiger partial charge in [-0.3, -0.25) is 4.79 Å². The van der Waals surface area contributed by atoms with Gasteiger partial charge in [0, 0.05) is 25.7 Å². The molecular weight excluding hydrogens is 384 g/mol. The van der Waals surface area contributed by atoms with Gasteiger partial charge in [-0.15, -0.1) is 0 Å². The number of morpholine rings is 1. The Morgan fingerprint density at radius 3 is 2.64 bits per heavy atom. The van der Waals surface area contributed by atoms with Crippen LogP contribution in [0.2, 0.25) is 0 Å². The molecular formula is C19H26N2O6S. The number of benzene rings is 1. The molecule has 0 aliphatic carbocycles. The van der Waals surface area contributed by atoms with Crippen molar-refractivity contribution in [3.05, 3.63) is 29.8 Å². The summed E-state index contributed by atoms with van der Waals surface area (Å²) in [6.07, 6.45) is 2.99. The van der Waals surface area contributed by atoms with Crippen LogP contribution in [0.5, 0.6) is 0 Å². The molecule has 2 heterocycles. The summed E-state index contributed by atoms with van der Waals surface area (Å²) in [5, 5.41) is 0. The van der Waals surface area contributed by atoms with Crippen molar-refractivity contribution in [2.45, 2.75) is 37.1 Å². The third-order valence-corrected chi connectivity index (χ3v) is 7.02. The topological polar surface area (TPSA) is 93.2 Å². The van der Waals surface area contributed by atoms with E-state index in [0.717, 1.165) is 19.3 Å². The SMILES string of the molecule is C[C@@H]1CCCCN1C(=O)COC(=O)c1cccc(S(=O)(=O)N2CCOCC2)c1. The summed E-state index contributed by atoms with van der Waals surface area (Å²) in [6, 6.07) is 5.86. The Labute approximate surface area is 165 Å². The normalized spacial score (nSPS) is 21.3. The van der Waals surface area contributed by atoms with Gasteiger partial charge in [0.25, 0.3) is 5.91 Å². The van der Waals surface area contributed by atoms with Crippen molar-refractivity contribution in [1.29, 1.82) is 0 Å². The predicted molar refractivity (Wildman–Crippen MR) is 101 cm³/mol. The summed E-state index contributed by atoms with van der Waals surface area (Å²) in [6.45, 7) is 3.56. The summed E-state index contributed by atoms with van der Waals surface area (Å²) < 4.78 is 37.1. The Morgan fingerprint density at radius 1 is 1.18 bits per heavy atom. The van der Waals surface area contributed by atoms with Crippen molar-refractivity contribution in [3.8, 4) is 0 Å². The highest BCUT2D eigenvalue weighted by atomic mass is 32.2. The fraction of sp³-hybridized carbons (Fsp3) is 0.579. The standard InChI is InChI=1S/C19H26N2O6S/c1-15-5-2-3-8-21(15)18(22)14-27-19(23)16-6-4-7-17(13-16)28(24,25)20-9-11-26-12-10-20/h4,6-7,13,15H,2-3,5,8-12,14H2,1H3/t15-/m1/s1. The first kappa shape index (κ1) is 20.8. The van der Waals surface area contributed by atoms with Gasteiger partial charge in [0.15, 0.2) is 6.61 Å². The number of ether oxygens (including phenoxy) is 2. The van der Waals surface area contributed by atoms with Crippen LogP contribution >= 0.6 is 0 Å². The molecule has 154 valence electrons. The van der Waals surface area contributed by atoms with E-state index in [-0.39, 0.29) is 42.1 Å². The van der Waals surface area contributed by atoms with Crippen molar-refractivity contribution in [1.82, 2.24) is 9.21 Å². The van der Waals surface area contributed by atoms with Gasteiger partial charge in [0.2, 0.25) is 10.0 Å². The van der Waals surface area contributed by atoms with E-state index in [1.807, 2.05) is 6.92 Å². The average Bonchev–Trinajstić information content (AvgIpc) is 2.73. The van der Waals surface area contributed by atoms with Gasteiger partial charge in [-0.1, -0.05) is 6.07 Å². The van der Waals surface area contributed by atoms with Gasteiger partial charge in [-0.05, 0) is 44.4 Å². The molecule has 1 atom stereocenters. The Kier molecular flexibility index (Phi) is 6.69. The summed E-state index contributed by atoms with van der Waals surface area (Å²) in [5.74, 6) is -0.935. The highest BCUT2D eigenvalue weighted by Crippen LogP contribution is 2.19. The van der Waals surface area contributed by atoms with Crippen LogP contribution in [-0.4, -0.2) is 75.0 Å². The number of hydrogen-bond acceptors (Lipinski definition) is 6. The first-order valence-electron chi connectivity index (χ1n) is 9.54. The quantitative estimate of drug-likeness (QED) is 0.679. The summed E-state index contributed by atoms with van der Waals surface area (Å²) in [7, 11) is -3.70. The number of likely N-dealkylation sites (tertiary alicyclic amines) is 1. The lowest BCUT2D eigenvalue weighted by molar-refractivity contribution is -0.137. The molecule has 9 heteroatoms. The van der Waals surface area contributed by atoms with Crippen LogP contribution in [0.3, 0.4) is 0 Å². The zero-order valence-corrected chi connectivity index (χ0v) is 16.8. The molecule has 1 aromatic rings. The van der Waals surface area contributed by atoms with Crippen LogP contribution in [-0.2, 0) is 24.3 Å². The lowest BCUT2D eigenvalue weighted by atomic mass is 10.0. The number of rotatable bonds is 5. The minimum absolute atomic E-state index is 0.0276. The van der Waals surface area contributed by atoms with Crippen LogP contribution in [0.4, 0.5) is 0 Å². The fourth-order valence-corrected chi connectivity index (χ4v) is 4.94. The summed E-state index contributed by atoms with van der Waals surface area (Å²) >= 11 is 0. The molecule has 0 unspecified atom stereocenters. The average molecular weight is 410 g/mol. The van der Waals surface area contributed by atoms with E-state index in [0.29, 0.717) is 19.8 Å². The van der Waals surface area contributed by atoms with E-state index in [1.165, 1.54) is 28.6 Å². The van der Waals surface area contributed by atoms with E-state index in [9.17, 15) is 18.0 Å². The molecule has 0 radical (unpaired) electrons. The van der Waals surface area contributed by atoms with Gasteiger partial charge < -0.3 is 14.4 Å². The monoisotopic (exact) mass is 410 g/mol. The molecule has 0 aromatic heterocycles. The van der Waals surface area contributed by atoms with E-state index in [4.69, 9.17) is 9.47 Å². The lowest BCUT2D eigenvalue weighted by Crippen LogP contribution is -2.44. The maximum absolute atomic E-state index is 12.7. The van der Waals surface area contributed by atoms with Crippen molar-refractivity contribution in [2.75, 3.05) is 39.5 Å². The van der Waals surface area contributed by atoms with Gasteiger partial charge in [-0.25, -0.2) is 13.2 Å². The lowest BCUT2D eigenvalue weighted by Gasteiger charge is -2.33. The molecule has 1 aromatic carbocycles. The van der Waals surface area contributed by atoms with Crippen LogP contribution in [0.25, 0.3) is 0 Å². The zero-order valence-electron chi connectivity index (χ0n) is 16.0. The molecule has 2 saturated heterocycles. The Hall–Kier alpha value is -1.97. The summed E-state index contributed by atoms with van der Waals surface area (Å²) in [4.78, 5) is 26.4. The number of piperidine rings is 1. The Bertz CT molecular complexity index is 819. The first-order chi connectivity index (χ1) is 13.4. The molecule has 8 nitrogen and oxygen atoms in total. The molecule has 3 rings (SSSR count). The van der Waals surface area contributed by atoms with E-state index in [1.54, 1.807) is 4.90 Å². The predicted octanol–water partition coefficient (Wildman–Crippen LogP) is 1.27. The van der Waals surface area contributed by atoms with Crippen molar-refractivity contribution in [3.63, 3.8) is 0 Å². The third-order valence-electron chi connectivity index (χ3n) is 5.13. The second kappa shape index (κ2) is 9.02. The molecule has 28 heavy (non-hydrogen) atoms. The molecule has 0 N–H and O–H groups in total. The molecule has 2 aliphatic rings. The number of carbonyl (C=O) groups excluding carboxylic acids is 2. The highest BCUT2D eigenvalue weighted by Gasteiger charge is 2.28. The smallest absolute Gasteiger partial charge is 0.338 e. The molecule has 1 amide bonds. The third kappa shape index (κ3) is 4.71. The molecule has 0 spiro atoms. The van der Waals surface area contributed by atoms with Crippen LogP contribution < -0.4 is 0 Å². The van der Waals surface area contributed by atoms with E-state index < -0.39 is 16.0 Å². The van der Waals surface area contributed by atoms with Gasteiger partial charge in [0.1, 0.15) is 0 Å². The fourth-order valence-electron chi connectivity index (χ4n) is 3.48. The highest BCUT2D eigenvalue weighted by molar-refractivity contribution is 7.89. The maximum atomic E-state index is 12.7. The van der Waals surface area contributed by atoms with E-state index in [2.05, 4.69) is 0 Å². The zero-order chi connectivity index (χ0) is 20.1. The number of hydrogen-bond donors (Lipinski definition) is 0. The number of sulfonamides is 1. The molecule has 2 aliphatic heterocycles. The molecule has 0 bridgehead atoms. The van der Waals surface area contributed by atoms with Gasteiger partial charge in [0.05, 0.1) is 23.7 Å². The van der Waals surface area contributed by atoms with Crippen molar-refractivity contribution in [2.24, 2.45) is 0 Å². The van der Waals surface area contributed by atoms with Crippen molar-refractivity contribution >= 4 is 21.9 Å². The maximum Gasteiger partial charge on any atom is 0.338 e. The van der Waals surface area contributed by atoms with Gasteiger partial charge >= 0.3 is 5.97 Å². The minimum atomic E-state index is -3.70. The number of nitrogens with zero attached hydrogens (tertiary/aromatic N) is 2. The second-order valence-electron chi connectivity index (χ2n) is 7.05. The number of carbonyl (C=O) groups is 2. The number of esters is 1. The van der Waals surface area contributed by atoms with Crippen LogP contribution in [0.15, 0.2) is 29.2 Å². The largest absolute Gasteiger partial charge is 0.452 e. The van der Waals surface area contributed by atoms with E-state index >= 15 is 0 Å².